The van der Waals surface area contributed by atoms with E-state index in [0.29, 0.717) is 0 Å². The number of aryl methyl sites for hydroxylation is 2. The predicted octanol–water partition coefficient (Wildman–Crippen LogP) is 3.01. The first-order valence-corrected chi connectivity index (χ1v) is 6.05. The molecule has 1 saturated carbocycles. The van der Waals surface area contributed by atoms with Crippen molar-refractivity contribution in [1.82, 2.24) is 9.78 Å². The molecule has 0 bridgehead atoms. The first-order valence-electron chi connectivity index (χ1n) is 5.67. The minimum Gasteiger partial charge on any atom is -0.271 e. The van der Waals surface area contributed by atoms with E-state index in [2.05, 4.69) is 11.2 Å². The van der Waals surface area contributed by atoms with Gasteiger partial charge in [-0.05, 0) is 19.8 Å². The molecule has 4 heteroatoms. The van der Waals surface area contributed by atoms with Crippen molar-refractivity contribution >= 4 is 11.6 Å². The van der Waals surface area contributed by atoms with Crippen LogP contribution >= 0.6 is 11.6 Å². The highest BCUT2D eigenvalue weighted by Gasteiger charge is 2.35. The number of halogens is 1. The van der Waals surface area contributed by atoms with Gasteiger partial charge in [0.15, 0.2) is 0 Å². The minimum absolute atomic E-state index is 0.204. The Bertz CT molecular complexity index is 436. The van der Waals surface area contributed by atoms with Crippen LogP contribution in [0.5, 0.6) is 0 Å². The van der Waals surface area contributed by atoms with Gasteiger partial charge in [0, 0.05) is 13.5 Å². The van der Waals surface area contributed by atoms with E-state index in [4.69, 9.17) is 11.6 Å². The molecule has 0 amide bonds. The Hall–Kier alpha value is -1.01. The molecule has 16 heavy (non-hydrogen) atoms. The molecule has 1 heterocycles. The molecule has 0 atom stereocenters. The quantitative estimate of drug-likeness (QED) is 0.794. The first-order chi connectivity index (χ1) is 7.58. The lowest BCUT2D eigenvalue weighted by Crippen LogP contribution is -2.19. The maximum atomic E-state index is 9.34. The van der Waals surface area contributed by atoms with Crippen molar-refractivity contribution in [1.29, 1.82) is 5.26 Å². The standard InChI is InChI=1S/C12H16ClN3/c1-9-11(13)10(16(2)15-9)7-12(8-14)5-3-4-6-12/h3-7H2,1-2H3. The van der Waals surface area contributed by atoms with Crippen molar-refractivity contribution in [3.8, 4) is 6.07 Å². The zero-order chi connectivity index (χ0) is 11.8. The van der Waals surface area contributed by atoms with Gasteiger partial charge >= 0.3 is 0 Å². The van der Waals surface area contributed by atoms with E-state index >= 15 is 0 Å². The average molecular weight is 238 g/mol. The third-order valence-corrected chi connectivity index (χ3v) is 4.06. The lowest BCUT2D eigenvalue weighted by Gasteiger charge is -2.20. The monoisotopic (exact) mass is 237 g/mol. The Kier molecular flexibility index (Phi) is 2.94. The van der Waals surface area contributed by atoms with Crippen LogP contribution in [0, 0.1) is 23.7 Å². The summed E-state index contributed by atoms with van der Waals surface area (Å²) in [5.74, 6) is 0. The van der Waals surface area contributed by atoms with Crippen molar-refractivity contribution < 1.29 is 0 Å². The topological polar surface area (TPSA) is 41.6 Å². The molecule has 1 aliphatic carbocycles. The van der Waals surface area contributed by atoms with E-state index in [9.17, 15) is 5.26 Å². The van der Waals surface area contributed by atoms with Crippen molar-refractivity contribution in [2.75, 3.05) is 0 Å². The van der Waals surface area contributed by atoms with Crippen LogP contribution < -0.4 is 0 Å². The summed E-state index contributed by atoms with van der Waals surface area (Å²) >= 11 is 6.22. The largest absolute Gasteiger partial charge is 0.271 e. The molecule has 0 spiro atoms. The molecule has 1 aromatic rings. The fourth-order valence-electron chi connectivity index (χ4n) is 2.57. The molecule has 1 aromatic heterocycles. The third kappa shape index (κ3) is 1.82. The molecule has 0 radical (unpaired) electrons. The number of rotatable bonds is 2. The van der Waals surface area contributed by atoms with E-state index < -0.39 is 0 Å². The zero-order valence-corrected chi connectivity index (χ0v) is 10.5. The Labute approximate surface area is 101 Å². The summed E-state index contributed by atoms with van der Waals surface area (Å²) in [7, 11) is 1.90. The Balaban J connectivity index is 2.30. The lowest BCUT2D eigenvalue weighted by atomic mass is 9.83. The van der Waals surface area contributed by atoms with Gasteiger partial charge in [-0.15, -0.1) is 0 Å². The summed E-state index contributed by atoms with van der Waals surface area (Å²) in [5, 5.41) is 14.4. The summed E-state index contributed by atoms with van der Waals surface area (Å²) in [4.78, 5) is 0. The predicted molar refractivity (Wildman–Crippen MR) is 63.2 cm³/mol. The van der Waals surface area contributed by atoms with E-state index in [1.54, 1.807) is 0 Å². The molecule has 86 valence electrons. The van der Waals surface area contributed by atoms with Gasteiger partial charge in [0.25, 0.3) is 0 Å². The summed E-state index contributed by atoms with van der Waals surface area (Å²) in [6, 6.07) is 2.49. The van der Waals surface area contributed by atoms with Crippen LogP contribution in [0.1, 0.15) is 37.1 Å². The SMILES string of the molecule is Cc1nn(C)c(CC2(C#N)CCCC2)c1Cl. The fourth-order valence-corrected chi connectivity index (χ4v) is 2.80. The molecule has 0 saturated heterocycles. The van der Waals surface area contributed by atoms with E-state index in [1.165, 1.54) is 0 Å². The number of aromatic nitrogens is 2. The lowest BCUT2D eigenvalue weighted by molar-refractivity contribution is 0.395. The second kappa shape index (κ2) is 4.10. The number of hydrogen-bond donors (Lipinski definition) is 0. The van der Waals surface area contributed by atoms with Crippen molar-refractivity contribution in [2.45, 2.75) is 39.0 Å². The van der Waals surface area contributed by atoms with Gasteiger partial charge in [0.2, 0.25) is 0 Å². The highest BCUT2D eigenvalue weighted by molar-refractivity contribution is 6.31. The van der Waals surface area contributed by atoms with Crippen LogP contribution in [0.4, 0.5) is 0 Å². The molecule has 1 aliphatic rings. The van der Waals surface area contributed by atoms with Gasteiger partial charge in [0.05, 0.1) is 27.9 Å². The normalized spacial score (nSPS) is 18.6. The zero-order valence-electron chi connectivity index (χ0n) is 9.76. The first kappa shape index (κ1) is 11.5. The van der Waals surface area contributed by atoms with Gasteiger partial charge < -0.3 is 0 Å². The highest BCUT2D eigenvalue weighted by atomic mass is 35.5. The van der Waals surface area contributed by atoms with Gasteiger partial charge in [-0.2, -0.15) is 10.4 Å². The molecule has 0 aliphatic heterocycles. The molecule has 0 N–H and O–H groups in total. The molecule has 1 fully saturated rings. The molecular weight excluding hydrogens is 222 g/mol. The summed E-state index contributed by atoms with van der Waals surface area (Å²) in [6.45, 7) is 1.90. The highest BCUT2D eigenvalue weighted by Crippen LogP contribution is 2.41. The van der Waals surface area contributed by atoms with Crippen LogP contribution in [0.2, 0.25) is 5.02 Å². The molecule has 0 unspecified atom stereocenters. The molecule has 3 nitrogen and oxygen atoms in total. The molecule has 0 aromatic carbocycles. The number of nitrogens with zero attached hydrogens (tertiary/aromatic N) is 3. The third-order valence-electron chi connectivity index (χ3n) is 3.57. The van der Waals surface area contributed by atoms with Gasteiger partial charge in [0.1, 0.15) is 0 Å². The average Bonchev–Trinajstić information content (AvgIpc) is 2.81. The maximum absolute atomic E-state index is 9.34. The summed E-state index contributed by atoms with van der Waals surface area (Å²) in [6.07, 6.45) is 5.03. The fraction of sp³-hybridized carbons (Fsp3) is 0.667. The maximum Gasteiger partial charge on any atom is 0.0847 e. The molecular formula is C12H16ClN3. The van der Waals surface area contributed by atoms with Gasteiger partial charge in [-0.3, -0.25) is 4.68 Å². The second-order valence-electron chi connectivity index (χ2n) is 4.75. The van der Waals surface area contributed by atoms with Crippen molar-refractivity contribution in [3.05, 3.63) is 16.4 Å². The van der Waals surface area contributed by atoms with Crippen LogP contribution in [0.25, 0.3) is 0 Å². The van der Waals surface area contributed by atoms with E-state index in [1.807, 2.05) is 18.7 Å². The smallest absolute Gasteiger partial charge is 0.0847 e. The van der Waals surface area contributed by atoms with Gasteiger partial charge in [-0.25, -0.2) is 0 Å². The van der Waals surface area contributed by atoms with Crippen LogP contribution in [-0.2, 0) is 13.5 Å². The van der Waals surface area contributed by atoms with Crippen molar-refractivity contribution in [2.24, 2.45) is 12.5 Å². The Morgan fingerprint density at radius 3 is 2.56 bits per heavy atom. The van der Waals surface area contributed by atoms with Crippen molar-refractivity contribution in [3.63, 3.8) is 0 Å². The number of hydrogen-bond acceptors (Lipinski definition) is 2. The second-order valence-corrected chi connectivity index (χ2v) is 5.12. The number of nitriles is 1. The van der Waals surface area contributed by atoms with Gasteiger partial charge in [-0.1, -0.05) is 24.4 Å². The minimum atomic E-state index is -0.204. The van der Waals surface area contributed by atoms with Crippen LogP contribution in [0.3, 0.4) is 0 Å². The Morgan fingerprint density at radius 1 is 1.50 bits per heavy atom. The molecule has 2 rings (SSSR count). The summed E-state index contributed by atoms with van der Waals surface area (Å²) < 4.78 is 1.81. The van der Waals surface area contributed by atoms with Crippen LogP contribution in [-0.4, -0.2) is 9.78 Å². The van der Waals surface area contributed by atoms with E-state index in [0.717, 1.165) is 48.5 Å². The van der Waals surface area contributed by atoms with Crippen LogP contribution in [0.15, 0.2) is 0 Å². The van der Waals surface area contributed by atoms with E-state index in [-0.39, 0.29) is 5.41 Å². The summed E-state index contributed by atoms with van der Waals surface area (Å²) in [5.41, 5.74) is 1.65. The Morgan fingerprint density at radius 2 is 2.12 bits per heavy atom.